The van der Waals surface area contributed by atoms with E-state index in [1.807, 2.05) is 24.3 Å². The maximum Gasteiger partial charge on any atom is 0.332 e. The Kier molecular flexibility index (Phi) is 6.87. The molecule has 0 aromatic heterocycles. The van der Waals surface area contributed by atoms with Crippen molar-refractivity contribution >= 4 is 12.2 Å². The van der Waals surface area contributed by atoms with Crippen LogP contribution in [0.15, 0.2) is 29.4 Å². The number of ether oxygens (including phenoxy) is 1. The summed E-state index contributed by atoms with van der Waals surface area (Å²) in [5, 5.41) is 3.74. The van der Waals surface area contributed by atoms with Crippen LogP contribution in [0.2, 0.25) is 0 Å². The molecule has 1 unspecified atom stereocenters. The molecule has 6 heteroatoms. The van der Waals surface area contributed by atoms with Crippen LogP contribution < -0.4 is 15.9 Å². The SMILES string of the molecule is CC1CCCN(CCCOc2cccc(C=NNC(N)=O)c2)C1. The fourth-order valence-electron chi connectivity index (χ4n) is 2.82. The lowest BCUT2D eigenvalue weighted by Gasteiger charge is -2.30. The second-order valence-corrected chi connectivity index (χ2v) is 6.06. The number of hydrazone groups is 1. The van der Waals surface area contributed by atoms with E-state index in [0.717, 1.165) is 30.2 Å². The Balaban J connectivity index is 1.71. The first-order valence-corrected chi connectivity index (χ1v) is 8.17. The number of hydrogen-bond acceptors (Lipinski definition) is 4. The van der Waals surface area contributed by atoms with Gasteiger partial charge in [-0.25, -0.2) is 10.2 Å². The lowest BCUT2D eigenvalue weighted by molar-refractivity contribution is 0.170. The smallest absolute Gasteiger partial charge is 0.332 e. The van der Waals surface area contributed by atoms with Crippen molar-refractivity contribution < 1.29 is 9.53 Å². The highest BCUT2D eigenvalue weighted by Gasteiger charge is 2.15. The molecule has 126 valence electrons. The zero-order valence-electron chi connectivity index (χ0n) is 13.7. The van der Waals surface area contributed by atoms with Gasteiger partial charge in [-0.1, -0.05) is 19.1 Å². The van der Waals surface area contributed by atoms with Crippen LogP contribution >= 0.6 is 0 Å². The second kappa shape index (κ2) is 9.15. The van der Waals surface area contributed by atoms with Crippen molar-refractivity contribution in [2.24, 2.45) is 16.8 Å². The lowest BCUT2D eigenvalue weighted by atomic mass is 10.0. The van der Waals surface area contributed by atoms with Crippen LogP contribution in [0.5, 0.6) is 5.75 Å². The van der Waals surface area contributed by atoms with E-state index in [0.29, 0.717) is 6.61 Å². The third-order valence-electron chi connectivity index (χ3n) is 3.88. The average Bonchev–Trinajstić information content (AvgIpc) is 2.52. The molecule has 0 saturated carbocycles. The number of nitrogens with zero attached hydrogens (tertiary/aromatic N) is 2. The Morgan fingerprint density at radius 3 is 3.22 bits per heavy atom. The average molecular weight is 318 g/mol. The van der Waals surface area contributed by atoms with Gasteiger partial charge in [0.1, 0.15) is 5.75 Å². The maximum atomic E-state index is 10.6. The van der Waals surface area contributed by atoms with Gasteiger partial charge in [0, 0.05) is 13.1 Å². The van der Waals surface area contributed by atoms with Crippen molar-refractivity contribution in [1.82, 2.24) is 10.3 Å². The summed E-state index contributed by atoms with van der Waals surface area (Å²) in [6.07, 6.45) is 5.22. The number of urea groups is 1. The van der Waals surface area contributed by atoms with Crippen molar-refractivity contribution in [1.29, 1.82) is 0 Å². The van der Waals surface area contributed by atoms with Crippen LogP contribution in [0.4, 0.5) is 4.79 Å². The number of carbonyl (C=O) groups is 1. The normalized spacial score (nSPS) is 18.9. The Morgan fingerprint density at radius 2 is 2.43 bits per heavy atom. The molecule has 1 aromatic carbocycles. The van der Waals surface area contributed by atoms with Crippen molar-refractivity contribution in [2.45, 2.75) is 26.2 Å². The predicted octanol–water partition coefficient (Wildman–Crippen LogP) is 2.19. The molecule has 0 radical (unpaired) electrons. The van der Waals surface area contributed by atoms with Crippen LogP contribution in [0.3, 0.4) is 0 Å². The summed E-state index contributed by atoms with van der Waals surface area (Å²) < 4.78 is 5.79. The largest absolute Gasteiger partial charge is 0.494 e. The van der Waals surface area contributed by atoms with E-state index in [1.54, 1.807) is 0 Å². The van der Waals surface area contributed by atoms with Crippen LogP contribution in [0.1, 0.15) is 31.7 Å². The summed E-state index contributed by atoms with van der Waals surface area (Å²) >= 11 is 0. The van der Waals surface area contributed by atoms with Gasteiger partial charge in [-0.2, -0.15) is 5.10 Å². The zero-order valence-corrected chi connectivity index (χ0v) is 13.7. The number of carbonyl (C=O) groups excluding carboxylic acids is 1. The predicted molar refractivity (Wildman–Crippen MR) is 91.7 cm³/mol. The highest BCUT2D eigenvalue weighted by molar-refractivity contribution is 5.81. The van der Waals surface area contributed by atoms with Gasteiger partial charge >= 0.3 is 6.03 Å². The fraction of sp³-hybridized carbons (Fsp3) is 0.529. The van der Waals surface area contributed by atoms with Gasteiger partial charge in [0.25, 0.3) is 0 Å². The fourth-order valence-corrected chi connectivity index (χ4v) is 2.82. The van der Waals surface area contributed by atoms with Gasteiger partial charge in [-0.3, -0.25) is 0 Å². The topological polar surface area (TPSA) is 79.9 Å². The van der Waals surface area contributed by atoms with Crippen LogP contribution in [-0.2, 0) is 0 Å². The third kappa shape index (κ3) is 6.69. The summed E-state index contributed by atoms with van der Waals surface area (Å²) in [7, 11) is 0. The number of piperidine rings is 1. The van der Waals surface area contributed by atoms with Crippen LogP contribution in [0.25, 0.3) is 0 Å². The molecule has 1 aromatic rings. The van der Waals surface area contributed by atoms with Crippen molar-refractivity contribution in [3.63, 3.8) is 0 Å². The quantitative estimate of drug-likeness (QED) is 0.459. The van der Waals surface area contributed by atoms with Crippen molar-refractivity contribution in [3.8, 4) is 5.75 Å². The molecular formula is C17H26N4O2. The monoisotopic (exact) mass is 318 g/mol. The minimum absolute atomic E-state index is 0.680. The Bertz CT molecular complexity index is 533. The maximum absolute atomic E-state index is 10.6. The Labute approximate surface area is 137 Å². The summed E-state index contributed by atoms with van der Waals surface area (Å²) in [5.41, 5.74) is 7.96. The first-order valence-electron chi connectivity index (χ1n) is 8.17. The van der Waals surface area contributed by atoms with E-state index in [4.69, 9.17) is 10.5 Å². The number of hydrogen-bond donors (Lipinski definition) is 2. The number of nitrogens with two attached hydrogens (primary N) is 1. The highest BCUT2D eigenvalue weighted by Crippen LogP contribution is 2.16. The zero-order chi connectivity index (χ0) is 16.5. The summed E-state index contributed by atoms with van der Waals surface area (Å²) in [6, 6.07) is 6.90. The molecule has 1 aliphatic rings. The van der Waals surface area contributed by atoms with Crippen molar-refractivity contribution in [3.05, 3.63) is 29.8 Å². The summed E-state index contributed by atoms with van der Waals surface area (Å²) in [4.78, 5) is 13.1. The van der Waals surface area contributed by atoms with Gasteiger partial charge in [0.15, 0.2) is 0 Å². The first-order chi connectivity index (χ1) is 11.1. The Hall–Kier alpha value is -2.08. The highest BCUT2D eigenvalue weighted by atomic mass is 16.5. The number of likely N-dealkylation sites (tertiary alicyclic amines) is 1. The van der Waals surface area contributed by atoms with Gasteiger partial charge in [-0.05, 0) is 49.4 Å². The number of rotatable bonds is 7. The van der Waals surface area contributed by atoms with Crippen LogP contribution in [-0.4, -0.2) is 43.4 Å². The van der Waals surface area contributed by atoms with Crippen molar-refractivity contribution in [2.75, 3.05) is 26.2 Å². The standard InChI is InChI=1S/C17H26N4O2/c1-14-5-3-8-21(13-14)9-4-10-23-16-7-2-6-15(11-16)12-19-20-17(18)22/h2,6-7,11-12,14H,3-5,8-10,13H2,1H3,(H3,18,20,22). The van der Waals surface area contributed by atoms with Gasteiger partial charge in [0.05, 0.1) is 12.8 Å². The molecule has 6 nitrogen and oxygen atoms in total. The molecule has 0 spiro atoms. The van der Waals surface area contributed by atoms with E-state index in [9.17, 15) is 4.79 Å². The first kappa shape index (κ1) is 17.3. The Morgan fingerprint density at radius 1 is 1.57 bits per heavy atom. The van der Waals surface area contributed by atoms with Gasteiger partial charge in [0.2, 0.25) is 0 Å². The minimum atomic E-state index is -0.680. The van der Waals surface area contributed by atoms with Gasteiger partial charge < -0.3 is 15.4 Å². The van der Waals surface area contributed by atoms with E-state index < -0.39 is 6.03 Å². The number of benzene rings is 1. The molecule has 1 atom stereocenters. The molecule has 2 amide bonds. The van der Waals surface area contributed by atoms with Gasteiger partial charge in [-0.15, -0.1) is 0 Å². The lowest BCUT2D eigenvalue weighted by Crippen LogP contribution is -2.35. The van der Waals surface area contributed by atoms with E-state index in [2.05, 4.69) is 22.4 Å². The molecule has 2 rings (SSSR count). The molecule has 1 aliphatic heterocycles. The summed E-state index contributed by atoms with van der Waals surface area (Å²) in [6.45, 7) is 6.53. The third-order valence-corrected chi connectivity index (χ3v) is 3.88. The molecule has 0 aliphatic carbocycles. The van der Waals surface area contributed by atoms with E-state index in [1.165, 1.54) is 32.1 Å². The minimum Gasteiger partial charge on any atom is -0.494 e. The molecule has 1 saturated heterocycles. The molecule has 3 N–H and O–H groups in total. The molecule has 23 heavy (non-hydrogen) atoms. The summed E-state index contributed by atoms with van der Waals surface area (Å²) in [5.74, 6) is 1.62. The van der Waals surface area contributed by atoms with Crippen LogP contribution in [0, 0.1) is 5.92 Å². The number of nitrogens with one attached hydrogen (secondary N) is 1. The molecule has 1 heterocycles. The molecule has 1 fully saturated rings. The number of amides is 2. The molecular weight excluding hydrogens is 292 g/mol. The van der Waals surface area contributed by atoms with E-state index in [-0.39, 0.29) is 0 Å². The number of primary amides is 1. The molecule has 0 bridgehead atoms. The second-order valence-electron chi connectivity index (χ2n) is 6.06. The van der Waals surface area contributed by atoms with E-state index >= 15 is 0 Å².